The number of sulfonamides is 1. The molecule has 14 heteroatoms. The zero-order valence-corrected chi connectivity index (χ0v) is 28.3. The number of benzene rings is 3. The molecule has 0 unspecified atom stereocenters. The van der Waals surface area contributed by atoms with E-state index < -0.39 is 28.5 Å². The lowest BCUT2D eigenvalue weighted by Gasteiger charge is -2.17. The number of hydrogen-bond acceptors (Lipinski definition) is 10. The van der Waals surface area contributed by atoms with Gasteiger partial charge in [-0.05, 0) is 49.2 Å². The summed E-state index contributed by atoms with van der Waals surface area (Å²) in [6, 6.07) is 14.6. The summed E-state index contributed by atoms with van der Waals surface area (Å²) in [5.41, 5.74) is 1.98. The SMILES string of the molecule is CCCCc1ncc(/C=C(\Cc2cc3c(cc2OC)OCO3)C(=O)O)n1-c1ccc(OC)cc1OCC(=O)NS(=O)(=O)c1ccccc1C. The molecule has 0 fully saturated rings. The number of aryl methyl sites for hydroxylation is 2. The largest absolute Gasteiger partial charge is 0.497 e. The minimum absolute atomic E-state index is 0.00781. The molecular weight excluding hydrogens is 654 g/mol. The number of ether oxygens (including phenoxy) is 5. The molecule has 3 aromatic carbocycles. The Morgan fingerprint density at radius 1 is 1.04 bits per heavy atom. The van der Waals surface area contributed by atoms with Crippen molar-refractivity contribution in [2.24, 2.45) is 0 Å². The summed E-state index contributed by atoms with van der Waals surface area (Å²) in [5, 5.41) is 10.3. The van der Waals surface area contributed by atoms with Gasteiger partial charge in [-0.1, -0.05) is 31.5 Å². The van der Waals surface area contributed by atoms with E-state index in [1.807, 2.05) is 6.92 Å². The van der Waals surface area contributed by atoms with Gasteiger partial charge >= 0.3 is 5.97 Å². The van der Waals surface area contributed by atoms with E-state index >= 15 is 0 Å². The average molecular weight is 692 g/mol. The zero-order valence-electron chi connectivity index (χ0n) is 27.5. The third-order valence-electron chi connectivity index (χ3n) is 7.77. The van der Waals surface area contributed by atoms with Gasteiger partial charge in [-0.15, -0.1) is 0 Å². The van der Waals surface area contributed by atoms with Crippen molar-refractivity contribution in [3.8, 4) is 34.4 Å². The van der Waals surface area contributed by atoms with Crippen molar-refractivity contribution >= 4 is 28.0 Å². The molecule has 0 aliphatic carbocycles. The van der Waals surface area contributed by atoms with E-state index in [2.05, 4.69) is 9.71 Å². The summed E-state index contributed by atoms with van der Waals surface area (Å²) in [7, 11) is -1.18. The molecule has 0 spiro atoms. The van der Waals surface area contributed by atoms with Crippen LogP contribution in [0.1, 0.15) is 42.4 Å². The lowest BCUT2D eigenvalue weighted by atomic mass is 10.0. The molecule has 1 aliphatic heterocycles. The van der Waals surface area contributed by atoms with E-state index in [1.165, 1.54) is 26.4 Å². The Morgan fingerprint density at radius 2 is 1.80 bits per heavy atom. The number of nitrogens with one attached hydrogen (secondary N) is 1. The van der Waals surface area contributed by atoms with Crippen molar-refractivity contribution in [1.29, 1.82) is 0 Å². The molecule has 2 heterocycles. The zero-order chi connectivity index (χ0) is 35.1. The van der Waals surface area contributed by atoms with Gasteiger partial charge in [0.05, 0.1) is 36.7 Å². The number of aromatic nitrogens is 2. The second kappa shape index (κ2) is 15.2. The number of rotatable bonds is 15. The van der Waals surface area contributed by atoms with E-state index in [1.54, 1.807) is 66.2 Å². The fourth-order valence-corrected chi connectivity index (χ4v) is 6.54. The molecule has 258 valence electrons. The van der Waals surface area contributed by atoms with Gasteiger partial charge in [0.25, 0.3) is 15.9 Å². The Morgan fingerprint density at radius 3 is 2.49 bits per heavy atom. The molecule has 5 rings (SSSR count). The van der Waals surface area contributed by atoms with Crippen molar-refractivity contribution in [3.63, 3.8) is 0 Å². The maximum Gasteiger partial charge on any atom is 0.331 e. The van der Waals surface area contributed by atoms with Crippen LogP contribution in [0.4, 0.5) is 0 Å². The molecule has 0 saturated heterocycles. The first kappa shape index (κ1) is 34.8. The summed E-state index contributed by atoms with van der Waals surface area (Å²) in [6.07, 6.45) is 5.32. The third-order valence-corrected chi connectivity index (χ3v) is 9.30. The first-order chi connectivity index (χ1) is 23.5. The number of nitrogens with zero attached hydrogens (tertiary/aromatic N) is 2. The highest BCUT2D eigenvalue weighted by Crippen LogP contribution is 2.39. The Labute approximate surface area is 284 Å². The first-order valence-electron chi connectivity index (χ1n) is 15.4. The van der Waals surface area contributed by atoms with Gasteiger partial charge in [0.2, 0.25) is 6.79 Å². The van der Waals surface area contributed by atoms with Crippen LogP contribution in [-0.2, 0) is 32.5 Å². The molecular formula is C35H37N3O10S. The van der Waals surface area contributed by atoms with Crippen molar-refractivity contribution in [3.05, 3.63) is 89.0 Å². The van der Waals surface area contributed by atoms with E-state index in [0.29, 0.717) is 57.8 Å². The Kier molecular flexibility index (Phi) is 10.8. The molecule has 4 aromatic rings. The second-order valence-electron chi connectivity index (χ2n) is 11.1. The number of unbranched alkanes of at least 4 members (excludes halogenated alkanes) is 1. The number of methoxy groups -OCH3 is 2. The maximum absolute atomic E-state index is 12.9. The Hall–Kier alpha value is -5.50. The molecule has 0 radical (unpaired) electrons. The molecule has 2 N–H and O–H groups in total. The van der Waals surface area contributed by atoms with Crippen LogP contribution in [0.25, 0.3) is 11.8 Å². The normalized spacial score (nSPS) is 12.4. The number of carbonyl (C=O) groups is 2. The van der Waals surface area contributed by atoms with Crippen molar-refractivity contribution < 1.29 is 46.8 Å². The molecule has 1 amide bonds. The van der Waals surface area contributed by atoms with Crippen LogP contribution >= 0.6 is 0 Å². The predicted octanol–water partition coefficient (Wildman–Crippen LogP) is 4.86. The standard InChI is InChI=1S/C35H37N3O10S/c1-5-6-11-33-36-19-25(15-24(35(40)41)14-23-16-30-31(48-21-47-30)18-28(23)45-4)38(33)27-13-12-26(44-3)17-29(27)46-20-34(39)37-49(42,43)32-10-8-7-9-22(32)2/h7-10,12-13,15-19H,5-6,11,14,20-21H2,1-4H3,(H,37,39)(H,40,41)/b24-15+. The predicted molar refractivity (Wildman–Crippen MR) is 179 cm³/mol. The molecule has 1 aromatic heterocycles. The van der Waals surface area contributed by atoms with Gasteiger partial charge in [-0.25, -0.2) is 22.9 Å². The number of carbonyl (C=O) groups excluding carboxylic acids is 1. The molecule has 49 heavy (non-hydrogen) atoms. The molecule has 1 aliphatic rings. The van der Waals surface area contributed by atoms with E-state index in [-0.39, 0.29) is 29.4 Å². The van der Waals surface area contributed by atoms with E-state index in [9.17, 15) is 23.1 Å². The van der Waals surface area contributed by atoms with E-state index in [4.69, 9.17) is 23.7 Å². The number of carboxylic acids is 1. The highest BCUT2D eigenvalue weighted by Gasteiger charge is 2.23. The van der Waals surface area contributed by atoms with Gasteiger partial charge in [0.1, 0.15) is 23.1 Å². The van der Waals surface area contributed by atoms with Crippen LogP contribution in [0.2, 0.25) is 0 Å². The van der Waals surface area contributed by atoms with Crippen LogP contribution in [0.5, 0.6) is 28.7 Å². The van der Waals surface area contributed by atoms with Gasteiger partial charge in [0.15, 0.2) is 18.1 Å². The fourth-order valence-electron chi connectivity index (χ4n) is 5.32. The second-order valence-corrected chi connectivity index (χ2v) is 12.8. The van der Waals surface area contributed by atoms with Gasteiger partial charge in [-0.3, -0.25) is 9.36 Å². The number of amides is 1. The van der Waals surface area contributed by atoms with Gasteiger partial charge in [-0.2, -0.15) is 0 Å². The van der Waals surface area contributed by atoms with Crippen molar-refractivity contribution in [2.75, 3.05) is 27.6 Å². The van der Waals surface area contributed by atoms with Gasteiger partial charge < -0.3 is 28.8 Å². The molecule has 0 saturated carbocycles. The number of hydrogen-bond donors (Lipinski definition) is 2. The number of fused-ring (bicyclic) bond motifs is 1. The molecule has 0 bridgehead atoms. The monoisotopic (exact) mass is 691 g/mol. The summed E-state index contributed by atoms with van der Waals surface area (Å²) in [6.45, 7) is 3.09. The molecule has 13 nitrogen and oxygen atoms in total. The summed E-state index contributed by atoms with van der Waals surface area (Å²) in [5.74, 6) is 0.627. The Balaban J connectivity index is 1.50. The average Bonchev–Trinajstić information content (AvgIpc) is 3.71. The van der Waals surface area contributed by atoms with Crippen LogP contribution in [-0.4, -0.2) is 62.6 Å². The highest BCUT2D eigenvalue weighted by atomic mass is 32.2. The topological polar surface area (TPSA) is 165 Å². The minimum atomic E-state index is -4.15. The fraction of sp³-hybridized carbons (Fsp3) is 0.286. The molecule has 0 atom stereocenters. The highest BCUT2D eigenvalue weighted by molar-refractivity contribution is 7.90. The van der Waals surface area contributed by atoms with Crippen LogP contribution in [0.3, 0.4) is 0 Å². The van der Waals surface area contributed by atoms with Crippen LogP contribution in [0, 0.1) is 6.92 Å². The quantitative estimate of drug-likeness (QED) is 0.164. The Bertz CT molecular complexity index is 2000. The van der Waals surface area contributed by atoms with Crippen LogP contribution < -0.4 is 28.4 Å². The minimum Gasteiger partial charge on any atom is -0.497 e. The lowest BCUT2D eigenvalue weighted by Crippen LogP contribution is -2.34. The lowest BCUT2D eigenvalue weighted by molar-refractivity contribution is -0.132. The number of aliphatic carboxylic acids is 1. The van der Waals surface area contributed by atoms with Crippen molar-refractivity contribution in [2.45, 2.75) is 44.4 Å². The smallest absolute Gasteiger partial charge is 0.331 e. The van der Waals surface area contributed by atoms with Gasteiger partial charge in [0, 0.05) is 36.1 Å². The third kappa shape index (κ3) is 7.97. The summed E-state index contributed by atoms with van der Waals surface area (Å²) < 4.78 is 57.4. The number of imidazole rings is 1. The van der Waals surface area contributed by atoms with Crippen LogP contribution in [0.15, 0.2) is 71.3 Å². The summed E-state index contributed by atoms with van der Waals surface area (Å²) in [4.78, 5) is 30.1. The van der Waals surface area contributed by atoms with Crippen molar-refractivity contribution in [1.82, 2.24) is 14.3 Å². The number of carboxylic acid groups (broad SMARTS) is 1. The first-order valence-corrected chi connectivity index (χ1v) is 16.9. The van der Waals surface area contributed by atoms with E-state index in [0.717, 1.165) is 12.8 Å². The summed E-state index contributed by atoms with van der Waals surface area (Å²) >= 11 is 0. The maximum atomic E-state index is 12.9.